The fraction of sp³-hybridized carbons (Fsp3) is 0.417. The Labute approximate surface area is 183 Å². The number of aryl methyl sites for hydroxylation is 1. The number of carbonyl (C=O) groups is 2. The topological polar surface area (TPSA) is 49.4 Å². The molecule has 1 unspecified atom stereocenters. The molecule has 0 fully saturated rings. The van der Waals surface area contributed by atoms with E-state index < -0.39 is 6.04 Å². The van der Waals surface area contributed by atoms with Crippen molar-refractivity contribution < 1.29 is 14.0 Å². The zero-order valence-corrected chi connectivity index (χ0v) is 18.8. The van der Waals surface area contributed by atoms with E-state index in [1.165, 1.54) is 29.5 Å². The number of amides is 2. The predicted molar refractivity (Wildman–Crippen MR) is 122 cm³/mol. The van der Waals surface area contributed by atoms with Crippen LogP contribution in [0, 0.1) is 12.7 Å². The molecule has 0 aliphatic rings. The summed E-state index contributed by atoms with van der Waals surface area (Å²) >= 11 is 1.53. The third-order valence-corrected chi connectivity index (χ3v) is 5.87. The molecule has 0 radical (unpaired) electrons. The molecular weight excluding hydrogens is 399 g/mol. The van der Waals surface area contributed by atoms with Crippen molar-refractivity contribution in [2.24, 2.45) is 0 Å². The number of hydrogen-bond acceptors (Lipinski definition) is 3. The number of rotatable bonds is 11. The van der Waals surface area contributed by atoms with Gasteiger partial charge in [0, 0.05) is 18.8 Å². The number of nitrogens with zero attached hydrogens (tertiary/aromatic N) is 1. The fourth-order valence-electron chi connectivity index (χ4n) is 2.93. The molecule has 6 heteroatoms. The zero-order valence-electron chi connectivity index (χ0n) is 18.0. The maximum absolute atomic E-state index is 13.2. The van der Waals surface area contributed by atoms with E-state index in [-0.39, 0.29) is 29.9 Å². The van der Waals surface area contributed by atoms with Gasteiger partial charge in [-0.25, -0.2) is 4.39 Å². The van der Waals surface area contributed by atoms with Crippen molar-refractivity contribution >= 4 is 23.6 Å². The van der Waals surface area contributed by atoms with Gasteiger partial charge in [-0.05, 0) is 43.5 Å². The fourth-order valence-corrected chi connectivity index (χ4v) is 3.80. The average molecular weight is 431 g/mol. The highest BCUT2D eigenvalue weighted by Crippen LogP contribution is 2.17. The summed E-state index contributed by atoms with van der Waals surface area (Å²) in [5.41, 5.74) is 3.16. The summed E-state index contributed by atoms with van der Waals surface area (Å²) in [7, 11) is 0. The normalized spacial score (nSPS) is 11.7. The first-order valence-corrected chi connectivity index (χ1v) is 11.5. The lowest BCUT2D eigenvalue weighted by Gasteiger charge is -2.28. The molecular formula is C24H31FN2O2S. The van der Waals surface area contributed by atoms with Crippen LogP contribution < -0.4 is 5.32 Å². The molecule has 1 N–H and O–H groups in total. The number of nitrogens with one attached hydrogen (secondary N) is 1. The van der Waals surface area contributed by atoms with Crippen molar-refractivity contribution in [3.8, 4) is 0 Å². The molecule has 4 nitrogen and oxygen atoms in total. The van der Waals surface area contributed by atoms with Crippen LogP contribution in [-0.2, 0) is 21.9 Å². The Bertz CT molecular complexity index is 809. The average Bonchev–Trinajstić information content (AvgIpc) is 2.74. The van der Waals surface area contributed by atoms with Gasteiger partial charge in [0.2, 0.25) is 11.8 Å². The maximum Gasteiger partial charge on any atom is 0.242 e. The van der Waals surface area contributed by atoms with Crippen LogP contribution in [0.5, 0.6) is 0 Å². The molecule has 0 aromatic heterocycles. The Hall–Kier alpha value is -2.34. The lowest BCUT2D eigenvalue weighted by atomic mass is 10.1. The summed E-state index contributed by atoms with van der Waals surface area (Å²) in [6.07, 6.45) is 1.89. The van der Waals surface area contributed by atoms with E-state index in [4.69, 9.17) is 0 Å². The van der Waals surface area contributed by atoms with Gasteiger partial charge < -0.3 is 10.2 Å². The highest BCUT2D eigenvalue weighted by Gasteiger charge is 2.25. The van der Waals surface area contributed by atoms with Crippen molar-refractivity contribution in [2.75, 3.05) is 12.3 Å². The van der Waals surface area contributed by atoms with Crippen LogP contribution in [0.25, 0.3) is 0 Å². The Morgan fingerprint density at radius 3 is 2.33 bits per heavy atom. The largest absolute Gasteiger partial charge is 0.354 e. The molecule has 0 spiro atoms. The standard InChI is InChI=1S/C24H31FN2O2S/c1-4-5-14-26-24(29)19(3)27(15-20-10-12-22(25)13-11-20)23(28)17-30-16-21-8-6-18(2)7-9-21/h6-13,19H,4-5,14-17H2,1-3H3,(H,26,29). The third-order valence-electron chi connectivity index (χ3n) is 4.88. The van der Waals surface area contributed by atoms with Crippen LogP contribution >= 0.6 is 11.8 Å². The first-order valence-electron chi connectivity index (χ1n) is 10.4. The molecule has 0 aliphatic heterocycles. The molecule has 1 atom stereocenters. The van der Waals surface area contributed by atoms with Gasteiger partial charge in [0.1, 0.15) is 11.9 Å². The van der Waals surface area contributed by atoms with E-state index >= 15 is 0 Å². The minimum Gasteiger partial charge on any atom is -0.354 e. The molecule has 0 saturated heterocycles. The van der Waals surface area contributed by atoms with Gasteiger partial charge in [-0.15, -0.1) is 11.8 Å². The molecule has 0 aliphatic carbocycles. The summed E-state index contributed by atoms with van der Waals surface area (Å²) in [5.74, 6) is 0.419. The molecule has 2 rings (SSSR count). The molecule has 0 bridgehead atoms. The predicted octanol–water partition coefficient (Wildman–Crippen LogP) is 4.70. The van der Waals surface area contributed by atoms with Crippen molar-refractivity contribution in [3.05, 3.63) is 71.0 Å². The van der Waals surface area contributed by atoms with E-state index in [1.807, 2.05) is 6.92 Å². The number of benzene rings is 2. The van der Waals surface area contributed by atoms with E-state index in [2.05, 4.69) is 36.5 Å². The van der Waals surface area contributed by atoms with Crippen LogP contribution in [-0.4, -0.2) is 35.1 Å². The summed E-state index contributed by atoms with van der Waals surface area (Å²) in [6.45, 7) is 6.71. The minimum absolute atomic E-state index is 0.102. The molecule has 2 amide bonds. The van der Waals surface area contributed by atoms with Crippen LogP contribution in [0.1, 0.15) is 43.4 Å². The molecule has 162 valence electrons. The molecule has 2 aromatic rings. The van der Waals surface area contributed by atoms with E-state index in [0.29, 0.717) is 6.54 Å². The number of halogens is 1. The molecule has 2 aromatic carbocycles. The SMILES string of the molecule is CCCCNC(=O)C(C)N(Cc1ccc(F)cc1)C(=O)CSCc1ccc(C)cc1. The molecule has 0 saturated carbocycles. The smallest absolute Gasteiger partial charge is 0.242 e. The number of carbonyl (C=O) groups excluding carboxylic acids is 2. The van der Waals surface area contributed by atoms with Gasteiger partial charge in [-0.1, -0.05) is 55.3 Å². The zero-order chi connectivity index (χ0) is 21.9. The minimum atomic E-state index is -0.598. The second-order valence-corrected chi connectivity index (χ2v) is 8.43. The second-order valence-electron chi connectivity index (χ2n) is 7.45. The van der Waals surface area contributed by atoms with E-state index in [9.17, 15) is 14.0 Å². The molecule has 30 heavy (non-hydrogen) atoms. The van der Waals surface area contributed by atoms with Crippen molar-refractivity contribution in [2.45, 2.75) is 52.0 Å². The second kappa shape index (κ2) is 12.4. The van der Waals surface area contributed by atoms with E-state index in [0.717, 1.165) is 29.7 Å². The number of hydrogen-bond donors (Lipinski definition) is 1. The monoisotopic (exact) mass is 430 g/mol. The quantitative estimate of drug-likeness (QED) is 0.526. The first-order chi connectivity index (χ1) is 14.4. The third kappa shape index (κ3) is 7.82. The Kier molecular flexibility index (Phi) is 9.87. The van der Waals surface area contributed by atoms with Gasteiger partial charge in [-0.3, -0.25) is 9.59 Å². The van der Waals surface area contributed by atoms with Crippen LogP contribution in [0.15, 0.2) is 48.5 Å². The van der Waals surface area contributed by atoms with E-state index in [1.54, 1.807) is 24.0 Å². The first kappa shape index (κ1) is 23.9. The summed E-state index contributed by atoms with van der Waals surface area (Å²) < 4.78 is 13.2. The summed E-state index contributed by atoms with van der Waals surface area (Å²) in [6, 6.07) is 13.7. The van der Waals surface area contributed by atoms with Crippen molar-refractivity contribution in [3.63, 3.8) is 0 Å². The maximum atomic E-state index is 13.2. The lowest BCUT2D eigenvalue weighted by molar-refractivity contribution is -0.138. The van der Waals surface area contributed by atoms with Crippen LogP contribution in [0.3, 0.4) is 0 Å². The lowest BCUT2D eigenvalue weighted by Crippen LogP contribution is -2.48. The summed E-state index contributed by atoms with van der Waals surface area (Å²) in [4.78, 5) is 27.1. The molecule has 0 heterocycles. The Balaban J connectivity index is 2.02. The van der Waals surface area contributed by atoms with Gasteiger partial charge in [0.05, 0.1) is 5.75 Å². The Morgan fingerprint density at radius 1 is 1.07 bits per heavy atom. The van der Waals surface area contributed by atoms with Crippen molar-refractivity contribution in [1.29, 1.82) is 0 Å². The highest BCUT2D eigenvalue weighted by molar-refractivity contribution is 7.99. The highest BCUT2D eigenvalue weighted by atomic mass is 32.2. The van der Waals surface area contributed by atoms with Gasteiger partial charge in [-0.2, -0.15) is 0 Å². The van der Waals surface area contributed by atoms with Gasteiger partial charge >= 0.3 is 0 Å². The number of thioether (sulfide) groups is 1. The van der Waals surface area contributed by atoms with Crippen LogP contribution in [0.2, 0.25) is 0 Å². The summed E-state index contributed by atoms with van der Waals surface area (Å²) in [5, 5.41) is 2.90. The van der Waals surface area contributed by atoms with Gasteiger partial charge in [0.15, 0.2) is 0 Å². The van der Waals surface area contributed by atoms with Gasteiger partial charge in [0.25, 0.3) is 0 Å². The Morgan fingerprint density at radius 2 is 1.70 bits per heavy atom. The van der Waals surface area contributed by atoms with Crippen LogP contribution in [0.4, 0.5) is 4.39 Å². The number of unbranched alkanes of at least 4 members (excludes halogenated alkanes) is 1. The van der Waals surface area contributed by atoms with Crippen molar-refractivity contribution in [1.82, 2.24) is 10.2 Å².